The Morgan fingerprint density at radius 3 is 1.22 bits per heavy atom. The third kappa shape index (κ3) is 9.29. The summed E-state index contributed by atoms with van der Waals surface area (Å²) in [5, 5.41) is 5.18. The number of carbonyl (C=O) groups excluding carboxylic acids is 2. The van der Waals surface area contributed by atoms with Gasteiger partial charge >= 0.3 is 0 Å². The van der Waals surface area contributed by atoms with Crippen LogP contribution in [-0.4, -0.2) is 52.1 Å². The largest absolute Gasteiger partial charge is 0.369 e. The number of hydrogen-bond acceptors (Lipinski definition) is 8. The van der Waals surface area contributed by atoms with E-state index in [0.29, 0.717) is 11.4 Å². The number of hydrogen-bond donors (Lipinski definition) is 6. The van der Waals surface area contributed by atoms with Crippen LogP contribution < -0.4 is 33.6 Å². The molecule has 0 atom stereocenters. The van der Waals surface area contributed by atoms with E-state index in [1.165, 1.54) is 48.5 Å². The Balaban J connectivity index is 1.77. The predicted octanol–water partition coefficient (Wildman–Crippen LogP) is -0.431. The topological polar surface area (TPSA) is 255 Å². The zero-order valence-electron chi connectivity index (χ0n) is 18.3. The van der Waals surface area contributed by atoms with Gasteiger partial charge in [0.05, 0.1) is 21.3 Å². The Hall–Kier alpha value is -3.48. The minimum Gasteiger partial charge on any atom is -0.369 e. The molecule has 0 aliphatic rings. The number of nitrogens with two attached hydrogens (primary N) is 4. The van der Waals surface area contributed by atoms with Gasteiger partial charge < -0.3 is 33.6 Å². The first kappa shape index (κ1) is 28.8. The van der Waals surface area contributed by atoms with E-state index in [9.17, 15) is 26.4 Å². The van der Waals surface area contributed by atoms with E-state index in [2.05, 4.69) is 19.4 Å². The Morgan fingerprint density at radius 2 is 0.944 bits per heavy atom. The summed E-state index contributed by atoms with van der Waals surface area (Å²) < 4.78 is 53.9. The van der Waals surface area contributed by atoms with Crippen molar-refractivity contribution in [1.29, 1.82) is 0 Å². The molecule has 0 saturated heterocycles. The van der Waals surface area contributed by atoms with Crippen molar-refractivity contribution in [3.8, 4) is 0 Å². The number of rotatable bonds is 11. The SMILES string of the molecule is NC(N)=NS(=O)(=O)c1ccc(NC(=O)CSSCC(=O)Nc2ccc(S(=O)(=O)N=C(N)N)cc2)cc1. The van der Waals surface area contributed by atoms with Crippen LogP contribution in [0.2, 0.25) is 0 Å². The van der Waals surface area contributed by atoms with Crippen molar-refractivity contribution < 1.29 is 26.4 Å². The molecular formula is C18H22N8O6S4. The second-order valence-corrected chi connectivity index (χ2v) is 12.3. The molecule has 2 rings (SSSR count). The average Bonchev–Trinajstić information content (AvgIpc) is 2.76. The molecule has 2 aromatic rings. The Kier molecular flexibility index (Phi) is 9.96. The summed E-state index contributed by atoms with van der Waals surface area (Å²) >= 11 is 0. The molecule has 36 heavy (non-hydrogen) atoms. The molecule has 0 unspecified atom stereocenters. The first-order valence-corrected chi connectivity index (χ1v) is 14.9. The van der Waals surface area contributed by atoms with Crippen LogP contribution in [0.15, 0.2) is 67.1 Å². The highest BCUT2D eigenvalue weighted by molar-refractivity contribution is 8.77. The van der Waals surface area contributed by atoms with Crippen LogP contribution in [-0.2, 0) is 29.6 Å². The van der Waals surface area contributed by atoms with Gasteiger partial charge in [-0.2, -0.15) is 16.8 Å². The van der Waals surface area contributed by atoms with Gasteiger partial charge in [-0.15, -0.1) is 8.80 Å². The molecule has 0 aromatic heterocycles. The summed E-state index contributed by atoms with van der Waals surface area (Å²) in [4.78, 5) is 23.8. The predicted molar refractivity (Wildman–Crippen MR) is 141 cm³/mol. The highest BCUT2D eigenvalue weighted by Crippen LogP contribution is 2.23. The van der Waals surface area contributed by atoms with E-state index < -0.39 is 32.0 Å². The quantitative estimate of drug-likeness (QED) is 0.0864. The number of sulfonamides is 2. The van der Waals surface area contributed by atoms with Crippen molar-refractivity contribution in [3.05, 3.63) is 48.5 Å². The van der Waals surface area contributed by atoms with Crippen LogP contribution in [0, 0.1) is 0 Å². The molecule has 0 heterocycles. The minimum absolute atomic E-state index is 0.0172. The molecule has 0 bridgehead atoms. The molecule has 0 saturated carbocycles. The van der Waals surface area contributed by atoms with Crippen LogP contribution in [0.5, 0.6) is 0 Å². The Morgan fingerprint density at radius 1 is 0.639 bits per heavy atom. The Bertz CT molecular complexity index is 1260. The van der Waals surface area contributed by atoms with Crippen molar-refractivity contribution in [2.45, 2.75) is 9.79 Å². The van der Waals surface area contributed by atoms with Crippen LogP contribution in [0.1, 0.15) is 0 Å². The van der Waals surface area contributed by atoms with Gasteiger partial charge in [0.1, 0.15) is 0 Å². The van der Waals surface area contributed by atoms with Crippen LogP contribution >= 0.6 is 21.6 Å². The summed E-state index contributed by atoms with van der Waals surface area (Å²) in [6, 6.07) is 10.5. The molecule has 0 spiro atoms. The average molecular weight is 575 g/mol. The summed E-state index contributed by atoms with van der Waals surface area (Å²) in [6.07, 6.45) is 0. The fourth-order valence-electron chi connectivity index (χ4n) is 2.39. The fourth-order valence-corrected chi connectivity index (χ4v) is 5.78. The summed E-state index contributed by atoms with van der Waals surface area (Å²) in [6.45, 7) is 0. The fraction of sp³-hybridized carbons (Fsp3) is 0.111. The van der Waals surface area contributed by atoms with Crippen LogP contribution in [0.25, 0.3) is 0 Å². The van der Waals surface area contributed by atoms with Crippen molar-refractivity contribution >= 4 is 76.7 Å². The number of nitrogens with zero attached hydrogens (tertiary/aromatic N) is 2. The standard InChI is InChI=1S/C18H22N8O6S4/c19-17(20)25-35(29,30)13-5-1-11(2-6-13)23-15(27)9-33-34-10-16(28)24-12-3-7-14(8-4-12)36(31,32)26-18(21)22/h1-8H,9-10H2,(H,23,27)(H,24,28)(H4,19,20,25)(H4,21,22,26). The molecule has 0 aliphatic carbocycles. The molecule has 2 amide bonds. The van der Waals surface area contributed by atoms with Gasteiger partial charge in [-0.05, 0) is 48.5 Å². The van der Waals surface area contributed by atoms with Gasteiger partial charge in [-0.1, -0.05) is 21.6 Å². The van der Waals surface area contributed by atoms with E-state index >= 15 is 0 Å². The lowest BCUT2D eigenvalue weighted by Crippen LogP contribution is -2.24. The maximum absolute atomic E-state index is 12.1. The monoisotopic (exact) mass is 574 g/mol. The smallest absolute Gasteiger partial charge is 0.285 e. The number of guanidine groups is 2. The van der Waals surface area contributed by atoms with Gasteiger partial charge in [0.15, 0.2) is 0 Å². The van der Waals surface area contributed by atoms with Crippen LogP contribution in [0.4, 0.5) is 11.4 Å². The molecule has 0 fully saturated rings. The molecule has 10 N–H and O–H groups in total. The van der Waals surface area contributed by atoms with Gasteiger partial charge in [0, 0.05) is 11.4 Å². The summed E-state index contributed by atoms with van der Waals surface area (Å²) in [5.41, 5.74) is 21.1. The maximum atomic E-state index is 12.1. The number of nitrogens with one attached hydrogen (secondary N) is 2. The molecule has 18 heteroatoms. The van der Waals surface area contributed by atoms with E-state index in [1.807, 2.05) is 0 Å². The van der Waals surface area contributed by atoms with Gasteiger partial charge in [-0.25, -0.2) is 0 Å². The highest BCUT2D eigenvalue weighted by atomic mass is 33.1. The number of carbonyl (C=O) groups is 2. The molecule has 14 nitrogen and oxygen atoms in total. The minimum atomic E-state index is -4.03. The third-order valence-corrected chi connectivity index (χ3v) is 8.56. The lowest BCUT2D eigenvalue weighted by atomic mass is 10.3. The second kappa shape index (κ2) is 12.5. The van der Waals surface area contributed by atoms with Crippen molar-refractivity contribution in [2.75, 3.05) is 22.1 Å². The molecule has 0 radical (unpaired) electrons. The van der Waals surface area contributed by atoms with E-state index in [4.69, 9.17) is 22.9 Å². The van der Waals surface area contributed by atoms with Gasteiger partial charge in [0.25, 0.3) is 20.0 Å². The van der Waals surface area contributed by atoms with E-state index in [-0.39, 0.29) is 33.1 Å². The normalized spacial score (nSPS) is 11.2. The van der Waals surface area contributed by atoms with Gasteiger partial charge in [0.2, 0.25) is 23.7 Å². The molecular weight excluding hydrogens is 553 g/mol. The molecule has 2 aromatic carbocycles. The maximum Gasteiger partial charge on any atom is 0.285 e. The highest BCUT2D eigenvalue weighted by Gasteiger charge is 2.14. The first-order valence-electron chi connectivity index (χ1n) is 9.54. The molecule has 194 valence electrons. The zero-order valence-corrected chi connectivity index (χ0v) is 21.6. The lowest BCUT2D eigenvalue weighted by molar-refractivity contribution is -0.114. The summed E-state index contributed by atoms with van der Waals surface area (Å²) in [5.74, 6) is -1.89. The van der Waals surface area contributed by atoms with E-state index in [1.54, 1.807) is 0 Å². The van der Waals surface area contributed by atoms with Crippen molar-refractivity contribution in [2.24, 2.45) is 31.7 Å². The Labute approximate surface area is 214 Å². The lowest BCUT2D eigenvalue weighted by Gasteiger charge is -2.07. The van der Waals surface area contributed by atoms with Gasteiger partial charge in [-0.3, -0.25) is 9.59 Å². The number of amides is 2. The third-order valence-electron chi connectivity index (χ3n) is 3.79. The number of benzene rings is 2. The van der Waals surface area contributed by atoms with Crippen molar-refractivity contribution in [3.63, 3.8) is 0 Å². The molecule has 0 aliphatic heterocycles. The first-order chi connectivity index (χ1) is 16.8. The summed E-state index contributed by atoms with van der Waals surface area (Å²) in [7, 11) is -5.80. The van der Waals surface area contributed by atoms with Crippen LogP contribution in [0.3, 0.4) is 0 Å². The number of anilines is 2. The van der Waals surface area contributed by atoms with E-state index in [0.717, 1.165) is 21.6 Å². The second-order valence-electron chi connectivity index (χ2n) is 6.65. The zero-order chi connectivity index (χ0) is 26.9. The van der Waals surface area contributed by atoms with Crippen molar-refractivity contribution in [1.82, 2.24) is 0 Å².